The largest absolute Gasteiger partial charge is 0.341 e. The summed E-state index contributed by atoms with van der Waals surface area (Å²) in [5.74, 6) is 0.0774. The molecule has 0 atom stereocenters. The third-order valence-electron chi connectivity index (χ3n) is 3.92. The maximum absolute atomic E-state index is 12.6. The number of halogens is 1. The van der Waals surface area contributed by atoms with Crippen LogP contribution in [-0.2, 0) is 11.2 Å². The van der Waals surface area contributed by atoms with Crippen molar-refractivity contribution in [1.29, 1.82) is 0 Å². The second-order valence-corrected chi connectivity index (χ2v) is 6.85. The van der Waals surface area contributed by atoms with E-state index in [-0.39, 0.29) is 5.91 Å². The van der Waals surface area contributed by atoms with Gasteiger partial charge in [0.1, 0.15) is 0 Å². The molecule has 0 N–H and O–H groups in total. The zero-order valence-electron chi connectivity index (χ0n) is 12.7. The van der Waals surface area contributed by atoms with Crippen molar-refractivity contribution in [3.8, 4) is 0 Å². The SMILES string of the molecule is CC1=C(C(=O)N(C)CCc2ccc(Cl)cc2)SC2=NCCN21. The molecule has 0 unspecified atom stereocenters. The monoisotopic (exact) mass is 335 g/mol. The van der Waals surface area contributed by atoms with Gasteiger partial charge in [-0.25, -0.2) is 0 Å². The fourth-order valence-corrected chi connectivity index (χ4v) is 3.84. The highest BCUT2D eigenvalue weighted by molar-refractivity contribution is 8.18. The molecule has 0 aliphatic carbocycles. The number of hydrogen-bond donors (Lipinski definition) is 0. The van der Waals surface area contributed by atoms with Crippen molar-refractivity contribution >= 4 is 34.4 Å². The maximum atomic E-state index is 12.6. The number of rotatable bonds is 4. The molecule has 116 valence electrons. The third-order valence-corrected chi connectivity index (χ3v) is 5.38. The number of allylic oxidation sites excluding steroid dienone is 1. The van der Waals surface area contributed by atoms with Crippen LogP contribution < -0.4 is 0 Å². The number of amidine groups is 1. The Balaban J connectivity index is 1.61. The summed E-state index contributed by atoms with van der Waals surface area (Å²) in [7, 11) is 1.85. The Bertz CT molecular complexity index is 654. The number of hydrogen-bond acceptors (Lipinski definition) is 4. The van der Waals surface area contributed by atoms with Crippen molar-refractivity contribution in [2.45, 2.75) is 13.3 Å². The van der Waals surface area contributed by atoms with E-state index in [2.05, 4.69) is 9.89 Å². The maximum Gasteiger partial charge on any atom is 0.262 e. The molecule has 0 saturated carbocycles. The van der Waals surface area contributed by atoms with Crippen LogP contribution >= 0.6 is 23.4 Å². The van der Waals surface area contributed by atoms with Crippen LogP contribution in [0, 0.1) is 0 Å². The Kier molecular flexibility index (Phi) is 4.45. The minimum absolute atomic E-state index is 0.0774. The lowest BCUT2D eigenvalue weighted by Gasteiger charge is -2.18. The molecule has 22 heavy (non-hydrogen) atoms. The number of carbonyl (C=O) groups excluding carboxylic acids is 1. The molecule has 0 fully saturated rings. The number of amides is 1. The number of likely N-dealkylation sites (N-methyl/N-ethyl adjacent to an activating group) is 1. The highest BCUT2D eigenvalue weighted by atomic mass is 35.5. The van der Waals surface area contributed by atoms with Crippen molar-refractivity contribution in [1.82, 2.24) is 9.80 Å². The Morgan fingerprint density at radius 1 is 1.41 bits per heavy atom. The second kappa shape index (κ2) is 6.34. The fourth-order valence-electron chi connectivity index (χ4n) is 2.53. The lowest BCUT2D eigenvalue weighted by atomic mass is 10.1. The summed E-state index contributed by atoms with van der Waals surface area (Å²) in [6.07, 6.45) is 0.820. The minimum Gasteiger partial charge on any atom is -0.341 e. The van der Waals surface area contributed by atoms with Crippen molar-refractivity contribution in [3.63, 3.8) is 0 Å². The zero-order valence-corrected chi connectivity index (χ0v) is 14.2. The Hall–Kier alpha value is -1.46. The highest BCUT2D eigenvalue weighted by Crippen LogP contribution is 2.36. The fraction of sp³-hybridized carbons (Fsp3) is 0.375. The summed E-state index contributed by atoms with van der Waals surface area (Å²) in [4.78, 5) is 21.7. The average molecular weight is 336 g/mol. The summed E-state index contributed by atoms with van der Waals surface area (Å²) in [6.45, 7) is 4.40. The lowest BCUT2D eigenvalue weighted by Crippen LogP contribution is -2.29. The van der Waals surface area contributed by atoms with E-state index in [4.69, 9.17) is 11.6 Å². The molecule has 2 aliphatic heterocycles. The van der Waals surface area contributed by atoms with Crippen LogP contribution in [0.1, 0.15) is 12.5 Å². The smallest absolute Gasteiger partial charge is 0.262 e. The van der Waals surface area contributed by atoms with Crippen molar-refractivity contribution in [3.05, 3.63) is 45.5 Å². The summed E-state index contributed by atoms with van der Waals surface area (Å²) in [6, 6.07) is 7.76. The van der Waals surface area contributed by atoms with Gasteiger partial charge in [-0.2, -0.15) is 0 Å². The molecular weight excluding hydrogens is 318 g/mol. The summed E-state index contributed by atoms with van der Waals surface area (Å²) in [5, 5.41) is 1.70. The Morgan fingerprint density at radius 2 is 2.14 bits per heavy atom. The molecule has 2 heterocycles. The molecule has 3 rings (SSSR count). The normalized spacial score (nSPS) is 16.9. The van der Waals surface area contributed by atoms with Gasteiger partial charge in [0.15, 0.2) is 5.17 Å². The first kappa shape index (κ1) is 15.4. The zero-order chi connectivity index (χ0) is 15.7. The van der Waals surface area contributed by atoms with Crippen molar-refractivity contribution in [2.24, 2.45) is 4.99 Å². The number of fused-ring (bicyclic) bond motifs is 1. The van der Waals surface area contributed by atoms with Gasteiger partial charge in [0.05, 0.1) is 11.4 Å². The molecule has 2 aliphatic rings. The second-order valence-electron chi connectivity index (χ2n) is 5.44. The van der Waals surface area contributed by atoms with E-state index in [9.17, 15) is 4.79 Å². The van der Waals surface area contributed by atoms with Gasteiger partial charge in [0.2, 0.25) is 0 Å². The first-order valence-corrected chi connectivity index (χ1v) is 8.46. The molecule has 1 amide bonds. The molecule has 4 nitrogen and oxygen atoms in total. The average Bonchev–Trinajstić information content (AvgIpc) is 3.09. The topological polar surface area (TPSA) is 35.9 Å². The Labute approximate surface area is 139 Å². The number of thioether (sulfide) groups is 1. The molecular formula is C16H18ClN3OS. The van der Waals surface area contributed by atoms with E-state index >= 15 is 0 Å². The van der Waals surface area contributed by atoms with E-state index in [1.54, 1.807) is 4.90 Å². The van der Waals surface area contributed by atoms with Crippen LogP contribution in [0.2, 0.25) is 5.02 Å². The van der Waals surface area contributed by atoms with Gasteiger partial charge in [0.25, 0.3) is 5.91 Å². The molecule has 0 radical (unpaired) electrons. The number of aliphatic imine (C=N–C) groups is 1. The van der Waals surface area contributed by atoms with Crippen molar-refractivity contribution in [2.75, 3.05) is 26.7 Å². The van der Waals surface area contributed by atoms with Gasteiger partial charge in [-0.05, 0) is 42.8 Å². The van der Waals surface area contributed by atoms with E-state index in [1.807, 2.05) is 38.2 Å². The van der Waals surface area contributed by atoms with Gasteiger partial charge in [-0.15, -0.1) is 0 Å². The molecule has 0 spiro atoms. The van der Waals surface area contributed by atoms with E-state index in [1.165, 1.54) is 17.3 Å². The van der Waals surface area contributed by atoms with Gasteiger partial charge >= 0.3 is 0 Å². The number of nitrogens with zero attached hydrogens (tertiary/aromatic N) is 3. The molecule has 0 aromatic heterocycles. The predicted octanol–water partition coefficient (Wildman–Crippen LogP) is 2.99. The third kappa shape index (κ3) is 3.01. The molecule has 0 saturated heterocycles. The summed E-state index contributed by atoms with van der Waals surface area (Å²) >= 11 is 7.38. The molecule has 0 bridgehead atoms. The predicted molar refractivity (Wildman–Crippen MR) is 92.1 cm³/mol. The van der Waals surface area contributed by atoms with Gasteiger partial charge in [-0.3, -0.25) is 9.79 Å². The number of carbonyl (C=O) groups is 1. The first-order chi connectivity index (χ1) is 10.6. The quantitative estimate of drug-likeness (QED) is 0.848. The Morgan fingerprint density at radius 3 is 2.82 bits per heavy atom. The minimum atomic E-state index is 0.0774. The van der Waals surface area contributed by atoms with Crippen LogP contribution in [0.25, 0.3) is 0 Å². The molecule has 1 aromatic carbocycles. The molecule has 1 aromatic rings. The summed E-state index contributed by atoms with van der Waals surface area (Å²) in [5.41, 5.74) is 2.21. The van der Waals surface area contributed by atoms with E-state index in [0.29, 0.717) is 6.54 Å². The number of benzene rings is 1. The van der Waals surface area contributed by atoms with Gasteiger partial charge < -0.3 is 9.80 Å². The summed E-state index contributed by atoms with van der Waals surface area (Å²) < 4.78 is 0. The van der Waals surface area contributed by atoms with Crippen molar-refractivity contribution < 1.29 is 4.79 Å². The van der Waals surface area contributed by atoms with E-state index in [0.717, 1.165) is 40.3 Å². The van der Waals surface area contributed by atoms with Crippen LogP contribution in [-0.4, -0.2) is 47.6 Å². The molecule has 6 heteroatoms. The lowest BCUT2D eigenvalue weighted by molar-refractivity contribution is -0.125. The van der Waals surface area contributed by atoms with Crippen LogP contribution in [0.5, 0.6) is 0 Å². The van der Waals surface area contributed by atoms with E-state index < -0.39 is 0 Å². The standard InChI is InChI=1S/C16H18ClN3OS/c1-11-14(22-16-18-8-10-20(11)16)15(21)19(2)9-7-12-3-5-13(17)6-4-12/h3-6H,7-10H2,1-2H3. The van der Waals surface area contributed by atoms with Crippen LogP contribution in [0.4, 0.5) is 0 Å². The first-order valence-electron chi connectivity index (χ1n) is 7.27. The van der Waals surface area contributed by atoms with Crippen LogP contribution in [0.3, 0.4) is 0 Å². The van der Waals surface area contributed by atoms with Crippen LogP contribution in [0.15, 0.2) is 39.9 Å². The van der Waals surface area contributed by atoms with Gasteiger partial charge in [-0.1, -0.05) is 23.7 Å². The highest BCUT2D eigenvalue weighted by Gasteiger charge is 2.33. The van der Waals surface area contributed by atoms with Gasteiger partial charge in [0, 0.05) is 30.9 Å².